The lowest BCUT2D eigenvalue weighted by molar-refractivity contribution is -0.119. The number of pyridine rings is 1. The van der Waals surface area contributed by atoms with E-state index in [1.165, 1.54) is 11.8 Å². The van der Waals surface area contributed by atoms with Crippen LogP contribution in [-0.4, -0.2) is 50.7 Å². The first-order valence-corrected chi connectivity index (χ1v) is 10.7. The third-order valence-corrected chi connectivity index (χ3v) is 5.72. The monoisotopic (exact) mass is 429 g/mol. The summed E-state index contributed by atoms with van der Waals surface area (Å²) in [5.41, 5.74) is 1.76. The van der Waals surface area contributed by atoms with Crippen molar-refractivity contribution in [1.82, 2.24) is 25.1 Å². The van der Waals surface area contributed by atoms with E-state index in [0.717, 1.165) is 30.7 Å². The van der Waals surface area contributed by atoms with Crippen molar-refractivity contribution in [1.29, 1.82) is 0 Å². The molecule has 1 N–H and O–H groups in total. The molecule has 9 heteroatoms. The molecule has 0 aliphatic carbocycles. The van der Waals surface area contributed by atoms with E-state index in [1.807, 2.05) is 41.0 Å². The fourth-order valence-corrected chi connectivity index (χ4v) is 4.00. The minimum atomic E-state index is -0.0541. The van der Waals surface area contributed by atoms with Crippen molar-refractivity contribution in [3.05, 3.63) is 53.8 Å². The molecular weight excluding hydrogens is 410 g/mol. The van der Waals surface area contributed by atoms with Crippen molar-refractivity contribution in [2.24, 2.45) is 0 Å². The van der Waals surface area contributed by atoms with Crippen LogP contribution < -0.4 is 5.32 Å². The molecule has 0 radical (unpaired) electrons. The molecule has 1 atom stereocenters. The number of amides is 1. The number of halogens is 1. The van der Waals surface area contributed by atoms with Crippen LogP contribution in [0.2, 0.25) is 5.02 Å². The number of rotatable bonds is 7. The number of benzene rings is 1. The van der Waals surface area contributed by atoms with E-state index in [4.69, 9.17) is 16.3 Å². The van der Waals surface area contributed by atoms with Crippen molar-refractivity contribution >= 4 is 29.3 Å². The number of carbonyl (C=O) groups excluding carboxylic acids is 1. The van der Waals surface area contributed by atoms with Gasteiger partial charge in [0.05, 0.1) is 11.9 Å². The third-order valence-electron chi connectivity index (χ3n) is 4.54. The zero-order valence-electron chi connectivity index (χ0n) is 15.6. The molecule has 2 aromatic heterocycles. The zero-order valence-corrected chi connectivity index (χ0v) is 17.2. The number of ether oxygens (including phenoxy) is 1. The smallest absolute Gasteiger partial charge is 0.230 e. The summed E-state index contributed by atoms with van der Waals surface area (Å²) in [6, 6.07) is 11.2. The quantitative estimate of drug-likeness (QED) is 0.580. The van der Waals surface area contributed by atoms with Crippen molar-refractivity contribution in [2.45, 2.75) is 24.1 Å². The highest BCUT2D eigenvalue weighted by Gasteiger charge is 2.19. The molecule has 0 bridgehead atoms. The standard InChI is InChI=1S/C20H20ClN5O2S/c21-15-3-5-16(6-4-15)26-19(14-7-9-22-10-8-14)24-25-20(26)29-13-18(27)23-12-17-2-1-11-28-17/h3-10,17H,1-2,11-13H2,(H,23,27)/t17-/m1/s1. The molecule has 0 unspecified atom stereocenters. The minimum Gasteiger partial charge on any atom is -0.376 e. The van der Waals surface area contributed by atoms with E-state index in [2.05, 4.69) is 20.5 Å². The normalized spacial score (nSPS) is 16.1. The molecular formula is C20H20ClN5O2S. The lowest BCUT2D eigenvalue weighted by atomic mass is 10.2. The van der Waals surface area contributed by atoms with Gasteiger partial charge in [-0.25, -0.2) is 0 Å². The topological polar surface area (TPSA) is 81.9 Å². The van der Waals surface area contributed by atoms with E-state index in [-0.39, 0.29) is 17.8 Å². The van der Waals surface area contributed by atoms with E-state index < -0.39 is 0 Å². The number of nitrogens with zero attached hydrogens (tertiary/aromatic N) is 4. The van der Waals surface area contributed by atoms with Gasteiger partial charge in [0.1, 0.15) is 0 Å². The largest absolute Gasteiger partial charge is 0.376 e. The van der Waals surface area contributed by atoms with Gasteiger partial charge in [0, 0.05) is 41.8 Å². The van der Waals surface area contributed by atoms with Crippen LogP contribution in [0.5, 0.6) is 0 Å². The van der Waals surface area contributed by atoms with Crippen LogP contribution in [0.4, 0.5) is 0 Å². The predicted octanol–water partition coefficient (Wildman–Crippen LogP) is 3.37. The Hall–Kier alpha value is -2.42. The van der Waals surface area contributed by atoms with Gasteiger partial charge in [-0.1, -0.05) is 23.4 Å². The first kappa shape index (κ1) is 19.9. The van der Waals surface area contributed by atoms with Gasteiger partial charge in [0.2, 0.25) is 5.91 Å². The highest BCUT2D eigenvalue weighted by molar-refractivity contribution is 7.99. The van der Waals surface area contributed by atoms with Gasteiger partial charge in [-0.2, -0.15) is 0 Å². The number of hydrogen-bond donors (Lipinski definition) is 1. The van der Waals surface area contributed by atoms with E-state index in [0.29, 0.717) is 22.5 Å². The van der Waals surface area contributed by atoms with Crippen LogP contribution in [0.25, 0.3) is 17.1 Å². The van der Waals surface area contributed by atoms with Crippen LogP contribution >= 0.6 is 23.4 Å². The SMILES string of the molecule is O=C(CSc1nnc(-c2ccncc2)n1-c1ccc(Cl)cc1)NC[C@H]1CCCO1. The Bertz CT molecular complexity index is 959. The Morgan fingerprint density at radius 1 is 1.21 bits per heavy atom. The molecule has 3 heterocycles. The van der Waals surface area contributed by atoms with Gasteiger partial charge in [0.15, 0.2) is 11.0 Å². The lowest BCUT2D eigenvalue weighted by Gasteiger charge is -2.12. The maximum absolute atomic E-state index is 12.3. The first-order chi connectivity index (χ1) is 14.2. The number of thioether (sulfide) groups is 1. The molecule has 1 amide bonds. The summed E-state index contributed by atoms with van der Waals surface area (Å²) >= 11 is 7.38. The van der Waals surface area contributed by atoms with Crippen LogP contribution in [0.3, 0.4) is 0 Å². The summed E-state index contributed by atoms with van der Waals surface area (Å²) < 4.78 is 7.46. The summed E-state index contributed by atoms with van der Waals surface area (Å²) in [7, 11) is 0. The summed E-state index contributed by atoms with van der Waals surface area (Å²) in [5, 5.41) is 12.9. The molecule has 7 nitrogen and oxygen atoms in total. The van der Waals surface area contributed by atoms with Crippen molar-refractivity contribution in [3.63, 3.8) is 0 Å². The third kappa shape index (κ3) is 4.95. The van der Waals surface area contributed by atoms with Crippen LogP contribution in [0, 0.1) is 0 Å². The number of carbonyl (C=O) groups is 1. The Balaban J connectivity index is 1.52. The molecule has 1 aliphatic heterocycles. The molecule has 3 aromatic rings. The number of nitrogens with one attached hydrogen (secondary N) is 1. The van der Waals surface area contributed by atoms with Gasteiger partial charge >= 0.3 is 0 Å². The molecule has 0 spiro atoms. The second-order valence-corrected chi connectivity index (χ2v) is 7.96. The van der Waals surface area contributed by atoms with Gasteiger partial charge in [-0.05, 0) is 49.2 Å². The highest BCUT2D eigenvalue weighted by Crippen LogP contribution is 2.28. The molecule has 4 rings (SSSR count). The Kier molecular flexibility index (Phi) is 6.43. The predicted molar refractivity (Wildman–Crippen MR) is 112 cm³/mol. The molecule has 29 heavy (non-hydrogen) atoms. The molecule has 0 saturated carbocycles. The maximum atomic E-state index is 12.3. The lowest BCUT2D eigenvalue weighted by Crippen LogP contribution is -2.32. The Morgan fingerprint density at radius 3 is 2.72 bits per heavy atom. The molecule has 150 valence electrons. The maximum Gasteiger partial charge on any atom is 0.230 e. The minimum absolute atomic E-state index is 0.0541. The van der Waals surface area contributed by atoms with Gasteiger partial charge in [-0.3, -0.25) is 14.3 Å². The van der Waals surface area contributed by atoms with Gasteiger partial charge in [0.25, 0.3) is 0 Å². The van der Waals surface area contributed by atoms with Gasteiger partial charge < -0.3 is 10.1 Å². The Morgan fingerprint density at radius 2 is 2.00 bits per heavy atom. The average Bonchev–Trinajstić information content (AvgIpc) is 3.42. The number of hydrogen-bond acceptors (Lipinski definition) is 6. The number of aromatic nitrogens is 4. The second kappa shape index (κ2) is 9.39. The van der Waals surface area contributed by atoms with Crippen molar-refractivity contribution < 1.29 is 9.53 Å². The summed E-state index contributed by atoms with van der Waals surface area (Å²) in [6.45, 7) is 1.32. The molecule has 1 saturated heterocycles. The van der Waals surface area contributed by atoms with E-state index in [1.54, 1.807) is 12.4 Å². The fourth-order valence-electron chi connectivity index (χ4n) is 3.09. The highest BCUT2D eigenvalue weighted by atomic mass is 35.5. The van der Waals surface area contributed by atoms with Crippen molar-refractivity contribution in [3.8, 4) is 17.1 Å². The first-order valence-electron chi connectivity index (χ1n) is 9.33. The average molecular weight is 430 g/mol. The van der Waals surface area contributed by atoms with E-state index in [9.17, 15) is 4.79 Å². The van der Waals surface area contributed by atoms with Crippen LogP contribution in [-0.2, 0) is 9.53 Å². The van der Waals surface area contributed by atoms with Crippen molar-refractivity contribution in [2.75, 3.05) is 18.9 Å². The molecule has 1 aromatic carbocycles. The fraction of sp³-hybridized carbons (Fsp3) is 0.300. The summed E-state index contributed by atoms with van der Waals surface area (Å²) in [6.07, 6.45) is 5.59. The summed E-state index contributed by atoms with van der Waals surface area (Å²) in [4.78, 5) is 16.3. The molecule has 1 fully saturated rings. The van der Waals surface area contributed by atoms with Gasteiger partial charge in [-0.15, -0.1) is 10.2 Å². The van der Waals surface area contributed by atoms with Crippen LogP contribution in [0.1, 0.15) is 12.8 Å². The van der Waals surface area contributed by atoms with E-state index >= 15 is 0 Å². The summed E-state index contributed by atoms with van der Waals surface area (Å²) in [5.74, 6) is 0.869. The zero-order chi connectivity index (χ0) is 20.1. The van der Waals surface area contributed by atoms with Crippen LogP contribution in [0.15, 0.2) is 53.9 Å². The second-order valence-electron chi connectivity index (χ2n) is 6.58. The molecule has 1 aliphatic rings. The Labute approximate surface area is 177 Å².